The van der Waals surface area contributed by atoms with Crippen molar-refractivity contribution in [2.24, 2.45) is 0 Å². The third-order valence-corrected chi connectivity index (χ3v) is 10.3. The second-order valence-corrected chi connectivity index (χ2v) is 15.1. The molecule has 6 rings (SSSR count). The van der Waals surface area contributed by atoms with Crippen molar-refractivity contribution in [1.29, 1.82) is 15.8 Å². The van der Waals surface area contributed by atoms with Gasteiger partial charge in [-0.05, 0) is 138 Å². The Kier molecular flexibility index (Phi) is 17.5. The van der Waals surface area contributed by atoms with Gasteiger partial charge in [0.05, 0.1) is 0 Å². The normalized spacial score (nSPS) is 10.3. The van der Waals surface area contributed by atoms with Crippen molar-refractivity contribution in [3.8, 4) is 90.9 Å². The molecule has 0 amide bonds. The minimum atomic E-state index is -0.181. The molecule has 0 aromatic heterocycles. The molecule has 0 radical (unpaired) electrons. The van der Waals surface area contributed by atoms with Crippen LogP contribution in [0.5, 0.6) is 34.5 Å². The third kappa shape index (κ3) is 13.1. The lowest BCUT2D eigenvalue weighted by Gasteiger charge is -2.26. The van der Waals surface area contributed by atoms with Crippen LogP contribution in [-0.4, -0.2) is 0 Å². The van der Waals surface area contributed by atoms with Crippen molar-refractivity contribution in [2.45, 2.75) is 66.2 Å². The van der Waals surface area contributed by atoms with Gasteiger partial charge in [0.1, 0.15) is 52.8 Å². The molecule has 6 aromatic carbocycles. The van der Waals surface area contributed by atoms with Crippen LogP contribution in [0.3, 0.4) is 0 Å². The lowest BCUT2D eigenvalue weighted by Crippen LogP contribution is -2.18. The molecule has 0 saturated carbocycles. The number of rotatable bonds is 12. The number of aryl methyl sites for hydroxylation is 4. The fraction of sp³-hybridized carbons (Fsp3) is 0.182. The first-order chi connectivity index (χ1) is 30.8. The molecule has 6 aromatic rings. The molecular formula is C55H47N3O6. The van der Waals surface area contributed by atoms with Crippen molar-refractivity contribution >= 4 is 0 Å². The first-order valence-electron chi connectivity index (χ1n) is 19.9. The number of terminal acetylenes is 3. The van der Waals surface area contributed by atoms with Gasteiger partial charge in [-0.2, -0.15) is 0 Å². The summed E-state index contributed by atoms with van der Waals surface area (Å²) in [6.07, 6.45) is 27.8. The summed E-state index contributed by atoms with van der Waals surface area (Å²) < 4.78 is 29.8. The molecule has 0 aliphatic heterocycles. The Bertz CT molecular complexity index is 2530. The van der Waals surface area contributed by atoms with Gasteiger partial charge in [-0.25, -0.2) is 0 Å². The number of benzene rings is 6. The lowest BCUT2D eigenvalue weighted by atomic mass is 9.78. The highest BCUT2D eigenvalue weighted by Crippen LogP contribution is 2.34. The van der Waals surface area contributed by atoms with E-state index in [0.29, 0.717) is 28.7 Å². The zero-order valence-corrected chi connectivity index (χ0v) is 36.9. The van der Waals surface area contributed by atoms with Crippen LogP contribution in [0, 0.1) is 99.8 Å². The number of ether oxygens (including phenoxy) is 6. The largest absolute Gasteiger partial charge is 0.408 e. The minimum Gasteiger partial charge on any atom is -0.408 e. The second kappa shape index (κ2) is 23.3. The SMILES string of the molecule is C#COc1c(C)cc(Cc2cc(C)c(OC#N)c(C)c2)cc1C.C#COc1ccc(C(C)(C)c2ccc(OC#N)cc2)cc1.C#COc1ccc(C(C)c2ccc(OC#N)cc2)cc1. The van der Waals surface area contributed by atoms with Gasteiger partial charge in [0, 0.05) is 11.3 Å². The Labute approximate surface area is 377 Å². The molecule has 0 spiro atoms. The second-order valence-electron chi connectivity index (χ2n) is 15.1. The van der Waals surface area contributed by atoms with Crippen LogP contribution in [-0.2, 0) is 11.8 Å². The van der Waals surface area contributed by atoms with Crippen LogP contribution in [0.2, 0.25) is 0 Å². The minimum absolute atomic E-state index is 0.181. The molecule has 1 unspecified atom stereocenters. The van der Waals surface area contributed by atoms with E-state index in [9.17, 15) is 0 Å². The molecule has 1 atom stereocenters. The topological polar surface area (TPSA) is 127 Å². The molecule has 9 heteroatoms. The van der Waals surface area contributed by atoms with Crippen LogP contribution in [0.25, 0.3) is 0 Å². The molecule has 0 N–H and O–H groups in total. The van der Waals surface area contributed by atoms with E-state index in [4.69, 9.17) is 63.5 Å². The van der Waals surface area contributed by atoms with Gasteiger partial charge in [0.25, 0.3) is 18.8 Å². The average molecular weight is 846 g/mol. The molecule has 0 aliphatic carbocycles. The highest BCUT2D eigenvalue weighted by atomic mass is 16.5. The predicted octanol–water partition coefficient (Wildman–Crippen LogP) is 11.9. The monoisotopic (exact) mass is 845 g/mol. The molecule has 318 valence electrons. The van der Waals surface area contributed by atoms with Crippen LogP contribution >= 0.6 is 0 Å². The molecule has 0 saturated heterocycles. The highest BCUT2D eigenvalue weighted by Gasteiger charge is 2.23. The summed E-state index contributed by atoms with van der Waals surface area (Å²) in [6, 6.07) is 38.6. The van der Waals surface area contributed by atoms with Crippen LogP contribution < -0.4 is 28.4 Å². The fourth-order valence-electron chi connectivity index (χ4n) is 7.08. The summed E-state index contributed by atoms with van der Waals surface area (Å²) in [5.41, 5.74) is 10.7. The number of nitriles is 3. The number of hydrogen-bond donors (Lipinski definition) is 0. The van der Waals surface area contributed by atoms with E-state index >= 15 is 0 Å². The first-order valence-corrected chi connectivity index (χ1v) is 19.9. The van der Waals surface area contributed by atoms with Crippen molar-refractivity contribution in [1.82, 2.24) is 0 Å². The molecule has 64 heavy (non-hydrogen) atoms. The van der Waals surface area contributed by atoms with E-state index in [2.05, 4.69) is 63.4 Å². The zero-order valence-electron chi connectivity index (χ0n) is 36.9. The van der Waals surface area contributed by atoms with Crippen molar-refractivity contribution in [3.63, 3.8) is 0 Å². The quantitative estimate of drug-likeness (QED) is 0.0873. The Morgan fingerprint density at radius 3 is 1.06 bits per heavy atom. The van der Waals surface area contributed by atoms with E-state index < -0.39 is 0 Å². The maximum absolute atomic E-state index is 8.71. The molecular weight excluding hydrogens is 799 g/mol. The lowest BCUT2D eigenvalue weighted by molar-refractivity contribution is 0.498. The fourth-order valence-corrected chi connectivity index (χ4v) is 7.08. The molecule has 0 aliphatic rings. The van der Waals surface area contributed by atoms with Crippen molar-refractivity contribution in [3.05, 3.63) is 177 Å². The molecule has 0 bridgehead atoms. The number of hydrogen-bond acceptors (Lipinski definition) is 9. The van der Waals surface area contributed by atoms with E-state index in [1.165, 1.54) is 11.1 Å². The predicted molar refractivity (Wildman–Crippen MR) is 247 cm³/mol. The van der Waals surface area contributed by atoms with Crippen molar-refractivity contribution in [2.75, 3.05) is 0 Å². The van der Waals surface area contributed by atoms with Crippen LogP contribution in [0.15, 0.2) is 121 Å². The Morgan fingerprint density at radius 1 is 0.453 bits per heavy atom. The Hall–Kier alpha value is -8.73. The maximum Gasteiger partial charge on any atom is 0.292 e. The molecule has 9 nitrogen and oxygen atoms in total. The van der Waals surface area contributed by atoms with Gasteiger partial charge >= 0.3 is 0 Å². The van der Waals surface area contributed by atoms with E-state index in [0.717, 1.165) is 56.7 Å². The summed E-state index contributed by atoms with van der Waals surface area (Å²) in [5, 5.41) is 25.7. The smallest absolute Gasteiger partial charge is 0.292 e. The van der Waals surface area contributed by atoms with Crippen molar-refractivity contribution < 1.29 is 28.4 Å². The van der Waals surface area contributed by atoms with E-state index in [-0.39, 0.29) is 11.3 Å². The van der Waals surface area contributed by atoms with Crippen LogP contribution in [0.4, 0.5) is 0 Å². The highest BCUT2D eigenvalue weighted by molar-refractivity contribution is 5.49. The van der Waals surface area contributed by atoms with Gasteiger partial charge in [0.15, 0.2) is 0 Å². The zero-order chi connectivity index (χ0) is 46.6. The van der Waals surface area contributed by atoms with Crippen LogP contribution in [0.1, 0.15) is 82.3 Å². The van der Waals surface area contributed by atoms with Gasteiger partial charge < -0.3 is 28.4 Å². The van der Waals surface area contributed by atoms with E-state index in [1.54, 1.807) is 43.0 Å². The Balaban J connectivity index is 0.000000211. The van der Waals surface area contributed by atoms with Gasteiger partial charge in [-0.15, -0.1) is 15.8 Å². The number of nitrogens with zero attached hydrogens (tertiary/aromatic N) is 3. The summed E-state index contributed by atoms with van der Waals surface area (Å²) >= 11 is 0. The first kappa shape index (κ1) is 47.9. The van der Waals surface area contributed by atoms with E-state index in [1.807, 2.05) is 100 Å². The average Bonchev–Trinajstić information content (AvgIpc) is 3.28. The van der Waals surface area contributed by atoms with Gasteiger partial charge in [-0.3, -0.25) is 0 Å². The summed E-state index contributed by atoms with van der Waals surface area (Å²) in [4.78, 5) is 0. The Morgan fingerprint density at radius 2 is 0.750 bits per heavy atom. The summed E-state index contributed by atoms with van der Waals surface area (Å²) in [7, 11) is 0. The molecule has 0 heterocycles. The standard InChI is InChI=1S/C20H19NO2.C18H15NO2.C17H13NO2/c1-6-22-19-13(2)7-17(8-14(19)3)11-18-9-15(4)20(23-12-21)16(5)10-18;1-4-20-16-9-5-14(6-10-16)18(2,3)15-7-11-17(12-8-15)21-13-19;1-3-19-16-8-4-14(5-9-16)13(2)15-6-10-17(11-7-15)20-12-18/h1,7-10H,11H2,2-5H3;1,5-12H,2-3H3;1,4-11,13H,2H3. The van der Waals surface area contributed by atoms with Gasteiger partial charge in [0.2, 0.25) is 0 Å². The summed E-state index contributed by atoms with van der Waals surface area (Å²) in [5.74, 6) is 4.00. The third-order valence-electron chi connectivity index (χ3n) is 10.3. The maximum atomic E-state index is 8.71. The summed E-state index contributed by atoms with van der Waals surface area (Å²) in [6.45, 7) is 14.2. The van der Waals surface area contributed by atoms with Gasteiger partial charge in [-0.1, -0.05) is 113 Å². The molecule has 0 fully saturated rings.